The molecule has 0 saturated carbocycles. The number of rotatable bonds is 8. The summed E-state index contributed by atoms with van der Waals surface area (Å²) >= 11 is 6.16. The van der Waals surface area contributed by atoms with Gasteiger partial charge in [0, 0.05) is 25.2 Å². The van der Waals surface area contributed by atoms with Crippen molar-refractivity contribution in [2.75, 3.05) is 20.6 Å². The second-order valence-electron chi connectivity index (χ2n) is 5.97. The highest BCUT2D eigenvalue weighted by Gasteiger charge is 2.08. The fourth-order valence-electron chi connectivity index (χ4n) is 2.47. The molecule has 0 aliphatic heterocycles. The van der Waals surface area contributed by atoms with Gasteiger partial charge in [0.25, 0.3) is 0 Å². The molecule has 0 spiro atoms. The number of sulfonamides is 1. The van der Waals surface area contributed by atoms with E-state index in [1.54, 1.807) is 7.05 Å². The van der Waals surface area contributed by atoms with Gasteiger partial charge in [0.1, 0.15) is 0 Å². The van der Waals surface area contributed by atoms with Crippen molar-refractivity contribution in [3.05, 3.63) is 70.2 Å². The summed E-state index contributed by atoms with van der Waals surface area (Å²) in [5.74, 6) is 0.673. The number of benzene rings is 2. The Morgan fingerprint density at radius 3 is 2.33 bits per heavy atom. The Hall–Kier alpha value is -2.09. The lowest BCUT2D eigenvalue weighted by Gasteiger charge is -2.13. The molecule has 0 bridgehead atoms. The zero-order valence-electron chi connectivity index (χ0n) is 15.5. The third kappa shape index (κ3) is 7.21. The molecule has 0 radical (unpaired) electrons. The largest absolute Gasteiger partial charge is 0.356 e. The van der Waals surface area contributed by atoms with Gasteiger partial charge in [-0.25, -0.2) is 13.1 Å². The van der Waals surface area contributed by atoms with Crippen LogP contribution in [0.5, 0.6) is 0 Å². The highest BCUT2D eigenvalue weighted by Crippen LogP contribution is 2.14. The predicted molar refractivity (Wildman–Crippen MR) is 111 cm³/mol. The summed E-state index contributed by atoms with van der Waals surface area (Å²) in [6.07, 6.45) is 0.801. The molecule has 3 N–H and O–H groups in total. The molecule has 27 heavy (non-hydrogen) atoms. The van der Waals surface area contributed by atoms with E-state index >= 15 is 0 Å². The molecular weight excluding hydrogens is 384 g/mol. The van der Waals surface area contributed by atoms with Crippen molar-refractivity contribution >= 4 is 27.6 Å². The minimum absolute atomic E-state index is 0.0253. The third-order valence-electron chi connectivity index (χ3n) is 4.02. The van der Waals surface area contributed by atoms with Crippen molar-refractivity contribution in [3.63, 3.8) is 0 Å². The number of hydrogen-bond donors (Lipinski definition) is 3. The summed E-state index contributed by atoms with van der Waals surface area (Å²) in [6, 6.07) is 15.2. The standard InChI is InChI=1S/C19H25ClN4O2S/c1-21-19(23-12-11-17-5-3-4-6-18(17)20)24-13-15-7-9-16(10-8-15)14-27(25,26)22-2/h3-10,22H,11-14H2,1-2H3,(H2,21,23,24). The van der Waals surface area contributed by atoms with Crippen LogP contribution in [0, 0.1) is 0 Å². The zero-order valence-corrected chi connectivity index (χ0v) is 17.1. The van der Waals surface area contributed by atoms with Crippen LogP contribution in [0.1, 0.15) is 16.7 Å². The first-order valence-electron chi connectivity index (χ1n) is 8.60. The molecule has 0 fully saturated rings. The first-order chi connectivity index (χ1) is 12.9. The molecule has 0 unspecified atom stereocenters. The summed E-state index contributed by atoms with van der Waals surface area (Å²) in [4.78, 5) is 4.21. The van der Waals surface area contributed by atoms with E-state index in [2.05, 4.69) is 20.3 Å². The second-order valence-corrected chi connectivity index (χ2v) is 8.31. The molecule has 0 aliphatic rings. The van der Waals surface area contributed by atoms with Crippen molar-refractivity contribution in [1.82, 2.24) is 15.4 Å². The highest BCUT2D eigenvalue weighted by molar-refractivity contribution is 7.88. The van der Waals surface area contributed by atoms with Gasteiger partial charge in [-0.2, -0.15) is 0 Å². The van der Waals surface area contributed by atoms with E-state index in [0.29, 0.717) is 19.0 Å². The van der Waals surface area contributed by atoms with Crippen LogP contribution in [0.4, 0.5) is 0 Å². The maximum absolute atomic E-state index is 11.6. The Morgan fingerprint density at radius 1 is 1.04 bits per heavy atom. The van der Waals surface area contributed by atoms with E-state index in [-0.39, 0.29) is 5.75 Å². The van der Waals surface area contributed by atoms with Crippen LogP contribution < -0.4 is 15.4 Å². The topological polar surface area (TPSA) is 82.6 Å². The lowest BCUT2D eigenvalue weighted by atomic mass is 10.1. The SMILES string of the molecule is CN=C(NCCc1ccccc1Cl)NCc1ccc(CS(=O)(=O)NC)cc1. The Morgan fingerprint density at radius 2 is 1.70 bits per heavy atom. The molecule has 0 amide bonds. The number of hydrogen-bond acceptors (Lipinski definition) is 3. The monoisotopic (exact) mass is 408 g/mol. The second kappa shape index (κ2) is 10.3. The molecular formula is C19H25ClN4O2S. The molecule has 146 valence electrons. The quantitative estimate of drug-likeness (QED) is 0.462. The molecule has 2 aromatic rings. The minimum Gasteiger partial charge on any atom is -0.356 e. The number of nitrogens with one attached hydrogen (secondary N) is 3. The van der Waals surface area contributed by atoms with Crippen LogP contribution in [-0.4, -0.2) is 35.0 Å². The molecule has 0 heterocycles. The first kappa shape index (κ1) is 21.2. The van der Waals surface area contributed by atoms with E-state index in [1.807, 2.05) is 48.5 Å². The zero-order chi connectivity index (χ0) is 19.7. The van der Waals surface area contributed by atoms with Crippen LogP contribution in [0.3, 0.4) is 0 Å². The fraction of sp³-hybridized carbons (Fsp3) is 0.316. The van der Waals surface area contributed by atoms with E-state index in [4.69, 9.17) is 11.6 Å². The molecule has 0 atom stereocenters. The smallest absolute Gasteiger partial charge is 0.215 e. The minimum atomic E-state index is -3.26. The average molecular weight is 409 g/mol. The van der Waals surface area contributed by atoms with Gasteiger partial charge in [-0.1, -0.05) is 54.1 Å². The number of halogens is 1. The van der Waals surface area contributed by atoms with Gasteiger partial charge < -0.3 is 10.6 Å². The van der Waals surface area contributed by atoms with Crippen molar-refractivity contribution in [3.8, 4) is 0 Å². The molecule has 0 saturated heterocycles. The van der Waals surface area contributed by atoms with Gasteiger partial charge in [0.2, 0.25) is 10.0 Å². The molecule has 0 aliphatic carbocycles. The molecule has 2 rings (SSSR count). The van der Waals surface area contributed by atoms with E-state index in [0.717, 1.165) is 28.1 Å². The van der Waals surface area contributed by atoms with Crippen molar-refractivity contribution in [2.24, 2.45) is 4.99 Å². The normalized spacial score (nSPS) is 12.0. The Labute approximate surface area is 166 Å². The maximum atomic E-state index is 11.6. The lowest BCUT2D eigenvalue weighted by Crippen LogP contribution is -2.37. The average Bonchev–Trinajstić information content (AvgIpc) is 2.67. The Balaban J connectivity index is 1.81. The summed E-state index contributed by atoms with van der Waals surface area (Å²) < 4.78 is 25.5. The van der Waals surface area contributed by atoms with Crippen LogP contribution >= 0.6 is 11.6 Å². The summed E-state index contributed by atoms with van der Waals surface area (Å²) in [5, 5.41) is 7.27. The van der Waals surface area contributed by atoms with Gasteiger partial charge in [-0.15, -0.1) is 0 Å². The fourth-order valence-corrected chi connectivity index (χ4v) is 3.47. The highest BCUT2D eigenvalue weighted by atomic mass is 35.5. The van der Waals surface area contributed by atoms with Crippen LogP contribution in [0.2, 0.25) is 5.02 Å². The molecule has 0 aromatic heterocycles. The predicted octanol–water partition coefficient (Wildman–Crippen LogP) is 2.30. The maximum Gasteiger partial charge on any atom is 0.215 e. The van der Waals surface area contributed by atoms with Gasteiger partial charge in [0.15, 0.2) is 5.96 Å². The van der Waals surface area contributed by atoms with Crippen molar-refractivity contribution in [1.29, 1.82) is 0 Å². The number of guanidine groups is 1. The van der Waals surface area contributed by atoms with E-state index in [9.17, 15) is 8.42 Å². The summed E-state index contributed by atoms with van der Waals surface area (Å²) in [6.45, 7) is 1.30. The first-order valence-corrected chi connectivity index (χ1v) is 10.6. The summed E-state index contributed by atoms with van der Waals surface area (Å²) in [7, 11) is -0.122. The van der Waals surface area contributed by atoms with Gasteiger partial charge in [-0.3, -0.25) is 4.99 Å². The third-order valence-corrected chi connectivity index (χ3v) is 5.72. The summed E-state index contributed by atoms with van der Waals surface area (Å²) in [5.41, 5.74) is 2.87. The van der Waals surface area contributed by atoms with Crippen molar-refractivity contribution in [2.45, 2.75) is 18.7 Å². The molecule has 6 nitrogen and oxygen atoms in total. The van der Waals surface area contributed by atoms with Gasteiger partial charge >= 0.3 is 0 Å². The van der Waals surface area contributed by atoms with E-state index < -0.39 is 10.0 Å². The molecule has 2 aromatic carbocycles. The number of nitrogens with zero attached hydrogens (tertiary/aromatic N) is 1. The van der Waals surface area contributed by atoms with Crippen LogP contribution in [-0.2, 0) is 28.7 Å². The number of aliphatic imine (C=N–C) groups is 1. The van der Waals surface area contributed by atoms with Crippen molar-refractivity contribution < 1.29 is 8.42 Å². The van der Waals surface area contributed by atoms with Gasteiger partial charge in [0.05, 0.1) is 5.75 Å². The lowest BCUT2D eigenvalue weighted by molar-refractivity contribution is 0.587. The van der Waals surface area contributed by atoms with Gasteiger partial charge in [-0.05, 0) is 36.2 Å². The Kier molecular flexibility index (Phi) is 8.09. The Bertz CT molecular complexity index is 868. The van der Waals surface area contributed by atoms with Crippen LogP contribution in [0.15, 0.2) is 53.5 Å². The molecule has 8 heteroatoms. The van der Waals surface area contributed by atoms with E-state index in [1.165, 1.54) is 7.05 Å². The van der Waals surface area contributed by atoms with Crippen LogP contribution in [0.25, 0.3) is 0 Å².